The third kappa shape index (κ3) is 2.73. The maximum Gasteiger partial charge on any atom is 0.256 e. The monoisotopic (exact) mass is 361 g/mol. The van der Waals surface area contributed by atoms with Crippen LogP contribution in [0.4, 0.5) is 5.69 Å². The number of benzene rings is 1. The van der Waals surface area contributed by atoms with E-state index in [2.05, 4.69) is 17.2 Å². The Bertz CT molecular complexity index is 949. The third-order valence-electron chi connectivity index (χ3n) is 6.24. The lowest BCUT2D eigenvalue weighted by Crippen LogP contribution is -2.35. The van der Waals surface area contributed by atoms with Gasteiger partial charge in [0.05, 0.1) is 11.3 Å². The van der Waals surface area contributed by atoms with E-state index >= 15 is 0 Å². The second kappa shape index (κ2) is 6.19. The van der Waals surface area contributed by atoms with E-state index in [1.807, 2.05) is 23.1 Å². The van der Waals surface area contributed by atoms with Crippen molar-refractivity contribution in [2.24, 2.45) is 5.92 Å². The summed E-state index contributed by atoms with van der Waals surface area (Å²) >= 11 is 0. The summed E-state index contributed by atoms with van der Waals surface area (Å²) in [4.78, 5) is 32.4. The zero-order chi connectivity index (χ0) is 18.5. The fourth-order valence-electron chi connectivity index (χ4n) is 4.51. The molecule has 2 aliphatic carbocycles. The van der Waals surface area contributed by atoms with Gasteiger partial charge in [0.25, 0.3) is 11.8 Å². The number of hydrogen-bond acceptors (Lipinski definition) is 3. The van der Waals surface area contributed by atoms with Gasteiger partial charge >= 0.3 is 0 Å². The standard InChI is InChI=1S/C22H23N3O2/c1-13(14-8-9-14)25-12-15-4-2-7-19(20(15)22(25)27)24-21(26)17-10-11-23-18-6-3-5-16(17)18/h2,4,7,10-11,13-14H,3,5-6,8-9,12H2,1H3,(H,24,26). The van der Waals surface area contributed by atoms with E-state index in [1.165, 1.54) is 12.8 Å². The normalized spacial score (nSPS) is 19.0. The Morgan fingerprint density at radius 1 is 1.26 bits per heavy atom. The highest BCUT2D eigenvalue weighted by Crippen LogP contribution is 2.39. The fourth-order valence-corrected chi connectivity index (χ4v) is 4.51. The zero-order valence-corrected chi connectivity index (χ0v) is 15.5. The maximum atomic E-state index is 13.1. The summed E-state index contributed by atoms with van der Waals surface area (Å²) in [5, 5.41) is 3.01. The van der Waals surface area contributed by atoms with Crippen LogP contribution < -0.4 is 5.32 Å². The quantitative estimate of drug-likeness (QED) is 0.905. The van der Waals surface area contributed by atoms with Gasteiger partial charge in [-0.2, -0.15) is 0 Å². The summed E-state index contributed by atoms with van der Waals surface area (Å²) < 4.78 is 0. The molecule has 0 saturated heterocycles. The number of amides is 2. The van der Waals surface area contributed by atoms with Crippen LogP contribution in [0.15, 0.2) is 30.5 Å². The van der Waals surface area contributed by atoms with E-state index in [1.54, 1.807) is 12.3 Å². The molecule has 5 nitrogen and oxygen atoms in total. The Balaban J connectivity index is 1.43. The molecule has 0 radical (unpaired) electrons. The second-order valence-electron chi connectivity index (χ2n) is 7.94. The van der Waals surface area contributed by atoms with Crippen LogP contribution >= 0.6 is 0 Å². The summed E-state index contributed by atoms with van der Waals surface area (Å²) in [7, 11) is 0. The summed E-state index contributed by atoms with van der Waals surface area (Å²) in [5.41, 5.74) is 5.05. The predicted octanol–water partition coefficient (Wildman–Crippen LogP) is 3.58. The highest BCUT2D eigenvalue weighted by Gasteiger charge is 2.39. The molecule has 0 bridgehead atoms. The maximum absolute atomic E-state index is 13.1. The van der Waals surface area contributed by atoms with Gasteiger partial charge in [-0.25, -0.2) is 0 Å². The molecule has 2 aromatic rings. The first-order valence-corrected chi connectivity index (χ1v) is 9.84. The topological polar surface area (TPSA) is 62.3 Å². The van der Waals surface area contributed by atoms with Gasteiger partial charge in [-0.15, -0.1) is 0 Å². The Labute approximate surface area is 158 Å². The van der Waals surface area contributed by atoms with E-state index < -0.39 is 0 Å². The van der Waals surface area contributed by atoms with Gasteiger partial charge in [0.1, 0.15) is 0 Å². The number of rotatable bonds is 4. The molecule has 1 aromatic heterocycles. The van der Waals surface area contributed by atoms with Gasteiger partial charge in [0.15, 0.2) is 0 Å². The molecule has 1 atom stereocenters. The molecule has 1 saturated carbocycles. The average molecular weight is 361 g/mol. The van der Waals surface area contributed by atoms with Crippen LogP contribution in [-0.4, -0.2) is 27.7 Å². The molecule has 27 heavy (non-hydrogen) atoms. The number of nitrogens with one attached hydrogen (secondary N) is 1. The molecule has 1 N–H and O–H groups in total. The molecule has 2 amide bonds. The van der Waals surface area contributed by atoms with Gasteiger partial charge in [0.2, 0.25) is 0 Å². The van der Waals surface area contributed by atoms with Crippen LogP contribution in [0.1, 0.15) is 63.7 Å². The molecule has 3 aliphatic rings. The fraction of sp³-hybridized carbons (Fsp3) is 0.409. The van der Waals surface area contributed by atoms with Crippen molar-refractivity contribution >= 4 is 17.5 Å². The SMILES string of the molecule is CC(C1CC1)N1Cc2cccc(NC(=O)c3ccnc4c3CCC4)c2C1=O. The summed E-state index contributed by atoms with van der Waals surface area (Å²) in [6.45, 7) is 2.78. The number of pyridine rings is 1. The van der Waals surface area contributed by atoms with Crippen molar-refractivity contribution in [1.29, 1.82) is 0 Å². The van der Waals surface area contributed by atoms with Crippen LogP contribution in [0.25, 0.3) is 0 Å². The number of anilines is 1. The van der Waals surface area contributed by atoms with Crippen LogP contribution in [0.2, 0.25) is 0 Å². The second-order valence-corrected chi connectivity index (χ2v) is 7.94. The summed E-state index contributed by atoms with van der Waals surface area (Å²) in [6, 6.07) is 7.79. The van der Waals surface area contributed by atoms with E-state index in [0.29, 0.717) is 29.3 Å². The summed E-state index contributed by atoms with van der Waals surface area (Å²) in [5.74, 6) is 0.520. The van der Waals surface area contributed by atoms with Crippen LogP contribution in [0.3, 0.4) is 0 Å². The average Bonchev–Trinajstić information content (AvgIpc) is 3.31. The highest BCUT2D eigenvalue weighted by atomic mass is 16.2. The lowest BCUT2D eigenvalue weighted by Gasteiger charge is -2.24. The zero-order valence-electron chi connectivity index (χ0n) is 15.5. The minimum atomic E-state index is -0.148. The lowest BCUT2D eigenvalue weighted by molar-refractivity contribution is 0.0698. The van der Waals surface area contributed by atoms with Crippen molar-refractivity contribution in [1.82, 2.24) is 9.88 Å². The van der Waals surface area contributed by atoms with E-state index in [0.717, 1.165) is 36.1 Å². The van der Waals surface area contributed by atoms with Crippen molar-refractivity contribution in [2.45, 2.75) is 51.6 Å². The number of nitrogens with zero attached hydrogens (tertiary/aromatic N) is 2. The van der Waals surface area contributed by atoms with Gasteiger partial charge < -0.3 is 10.2 Å². The molecule has 5 heteroatoms. The van der Waals surface area contributed by atoms with E-state index in [4.69, 9.17) is 0 Å². The first-order chi connectivity index (χ1) is 13.1. The van der Waals surface area contributed by atoms with Crippen molar-refractivity contribution in [3.05, 3.63) is 58.4 Å². The smallest absolute Gasteiger partial charge is 0.256 e. The molecule has 1 aromatic carbocycles. The molecule has 1 fully saturated rings. The first-order valence-electron chi connectivity index (χ1n) is 9.84. The van der Waals surface area contributed by atoms with Crippen LogP contribution in [0, 0.1) is 5.92 Å². The Hall–Kier alpha value is -2.69. The number of carbonyl (C=O) groups excluding carboxylic acids is 2. The van der Waals surface area contributed by atoms with Crippen LogP contribution in [-0.2, 0) is 19.4 Å². The number of carbonyl (C=O) groups is 2. The molecule has 5 rings (SSSR count). The molecule has 138 valence electrons. The Morgan fingerprint density at radius 2 is 2.11 bits per heavy atom. The summed E-state index contributed by atoms with van der Waals surface area (Å²) in [6.07, 6.45) is 6.99. The molecule has 1 aliphatic heterocycles. The van der Waals surface area contributed by atoms with Gasteiger partial charge in [0, 0.05) is 30.0 Å². The Morgan fingerprint density at radius 3 is 2.93 bits per heavy atom. The number of aromatic nitrogens is 1. The van der Waals surface area contributed by atoms with Gasteiger partial charge in [-0.3, -0.25) is 14.6 Å². The van der Waals surface area contributed by atoms with Crippen LogP contribution in [0.5, 0.6) is 0 Å². The van der Waals surface area contributed by atoms with Crippen molar-refractivity contribution in [3.8, 4) is 0 Å². The first kappa shape index (κ1) is 16.5. The molecule has 1 unspecified atom stereocenters. The largest absolute Gasteiger partial charge is 0.331 e. The van der Waals surface area contributed by atoms with Crippen molar-refractivity contribution in [3.63, 3.8) is 0 Å². The minimum Gasteiger partial charge on any atom is -0.331 e. The third-order valence-corrected chi connectivity index (χ3v) is 6.24. The van der Waals surface area contributed by atoms with Gasteiger partial charge in [-0.05, 0) is 68.2 Å². The number of fused-ring (bicyclic) bond motifs is 2. The Kier molecular flexibility index (Phi) is 3.78. The molecule has 2 heterocycles. The number of hydrogen-bond donors (Lipinski definition) is 1. The molecule has 0 spiro atoms. The number of aryl methyl sites for hydroxylation is 1. The van der Waals surface area contributed by atoms with E-state index in [9.17, 15) is 9.59 Å². The van der Waals surface area contributed by atoms with Crippen molar-refractivity contribution < 1.29 is 9.59 Å². The lowest BCUT2D eigenvalue weighted by atomic mass is 10.1. The van der Waals surface area contributed by atoms with Crippen molar-refractivity contribution in [2.75, 3.05) is 5.32 Å². The molecular weight excluding hydrogens is 338 g/mol. The molecular formula is C22H23N3O2. The highest BCUT2D eigenvalue weighted by molar-refractivity contribution is 6.11. The minimum absolute atomic E-state index is 0.0419. The predicted molar refractivity (Wildman–Crippen MR) is 103 cm³/mol. The van der Waals surface area contributed by atoms with E-state index in [-0.39, 0.29) is 17.9 Å². The van der Waals surface area contributed by atoms with Gasteiger partial charge in [-0.1, -0.05) is 12.1 Å².